The number of carbonyl (C=O) groups excluding carboxylic acids is 1. The van der Waals surface area contributed by atoms with Gasteiger partial charge >= 0.3 is 5.97 Å². The fourth-order valence-electron chi connectivity index (χ4n) is 1.50. The van der Waals surface area contributed by atoms with Gasteiger partial charge in [-0.1, -0.05) is 0 Å². The molecule has 8 heteroatoms. The molecule has 2 aromatic rings. The Hall–Kier alpha value is -1.38. The summed E-state index contributed by atoms with van der Waals surface area (Å²) in [6.07, 6.45) is 0.393. The first kappa shape index (κ1) is 14.0. The molecule has 2 heterocycles. The number of nitrogens with zero attached hydrogens (tertiary/aromatic N) is 2. The number of hydrogen-bond acceptors (Lipinski definition) is 8. The van der Waals surface area contributed by atoms with Crippen molar-refractivity contribution in [2.75, 3.05) is 18.3 Å². The Morgan fingerprint density at radius 3 is 3.16 bits per heavy atom. The minimum atomic E-state index is -0.202. The zero-order valence-corrected chi connectivity index (χ0v) is 12.0. The minimum absolute atomic E-state index is 0.202. The highest BCUT2D eigenvalue weighted by Gasteiger charge is 2.08. The van der Waals surface area contributed by atoms with E-state index in [4.69, 9.17) is 5.84 Å². The van der Waals surface area contributed by atoms with E-state index in [-0.39, 0.29) is 5.97 Å². The van der Waals surface area contributed by atoms with Crippen LogP contribution in [0.4, 0.5) is 5.82 Å². The number of thiophene rings is 1. The van der Waals surface area contributed by atoms with Crippen LogP contribution >= 0.6 is 23.1 Å². The third-order valence-electron chi connectivity index (χ3n) is 2.42. The molecular formula is C11H14N4O2S2. The number of methoxy groups -OCH3 is 1. The summed E-state index contributed by atoms with van der Waals surface area (Å²) in [6.45, 7) is 0. The van der Waals surface area contributed by atoms with Gasteiger partial charge in [0.2, 0.25) is 0 Å². The predicted octanol–water partition coefficient (Wildman–Crippen LogP) is 1.77. The highest BCUT2D eigenvalue weighted by molar-refractivity contribution is 7.98. The molecule has 3 N–H and O–H groups in total. The molecule has 0 fully saturated rings. The highest BCUT2D eigenvalue weighted by atomic mass is 32.2. The maximum Gasteiger partial charge on any atom is 0.306 e. The molecular weight excluding hydrogens is 284 g/mol. The molecule has 102 valence electrons. The fourth-order valence-corrected chi connectivity index (χ4v) is 3.04. The number of thioether (sulfide) groups is 1. The van der Waals surface area contributed by atoms with E-state index in [0.29, 0.717) is 29.6 Å². The van der Waals surface area contributed by atoms with Crippen LogP contribution in [0.15, 0.2) is 11.4 Å². The Labute approximate surface area is 118 Å². The Kier molecular flexibility index (Phi) is 4.94. The Bertz CT molecular complexity index is 573. The monoisotopic (exact) mass is 298 g/mol. The highest BCUT2D eigenvalue weighted by Crippen LogP contribution is 2.25. The summed E-state index contributed by atoms with van der Waals surface area (Å²) >= 11 is 3.14. The maximum absolute atomic E-state index is 11.0. The van der Waals surface area contributed by atoms with E-state index in [0.717, 1.165) is 10.2 Å². The summed E-state index contributed by atoms with van der Waals surface area (Å²) in [4.78, 5) is 20.7. The first-order valence-corrected chi connectivity index (χ1v) is 7.63. The molecule has 0 radical (unpaired) electrons. The van der Waals surface area contributed by atoms with Crippen LogP contribution in [0.5, 0.6) is 0 Å². The maximum atomic E-state index is 11.0. The summed E-state index contributed by atoms with van der Waals surface area (Å²) in [6, 6.07) is 1.93. The van der Waals surface area contributed by atoms with E-state index in [1.54, 1.807) is 23.1 Å². The Morgan fingerprint density at radius 2 is 2.42 bits per heavy atom. The standard InChI is InChI=1S/C11H14N4O2S2/c1-17-9(16)3-4-18-6-8-13-10(15-12)7-2-5-19-11(7)14-8/h2,5H,3-4,6,12H2,1H3,(H,13,14,15). The van der Waals surface area contributed by atoms with Gasteiger partial charge in [0.1, 0.15) is 10.7 Å². The smallest absolute Gasteiger partial charge is 0.306 e. The van der Waals surface area contributed by atoms with Gasteiger partial charge in [0.15, 0.2) is 5.82 Å². The number of aromatic nitrogens is 2. The van der Waals surface area contributed by atoms with Crippen molar-refractivity contribution in [3.05, 3.63) is 17.3 Å². The molecule has 2 rings (SSSR count). The van der Waals surface area contributed by atoms with Crippen LogP contribution in [-0.2, 0) is 15.3 Å². The summed E-state index contributed by atoms with van der Waals surface area (Å²) in [5.74, 6) is 7.91. The Balaban J connectivity index is 1.98. The van der Waals surface area contributed by atoms with Gasteiger partial charge in [-0.2, -0.15) is 11.8 Å². The van der Waals surface area contributed by atoms with Crippen LogP contribution in [0.3, 0.4) is 0 Å². The van der Waals surface area contributed by atoms with Gasteiger partial charge in [-0.15, -0.1) is 11.3 Å². The zero-order chi connectivity index (χ0) is 13.7. The quantitative estimate of drug-likeness (QED) is 0.363. The summed E-state index contributed by atoms with van der Waals surface area (Å²) in [5.41, 5.74) is 2.59. The van der Waals surface area contributed by atoms with Crippen molar-refractivity contribution >= 4 is 45.1 Å². The molecule has 0 aliphatic heterocycles. The predicted molar refractivity (Wildman–Crippen MR) is 78.0 cm³/mol. The lowest BCUT2D eigenvalue weighted by molar-refractivity contribution is -0.140. The number of hydrogen-bond donors (Lipinski definition) is 2. The summed E-state index contributed by atoms with van der Waals surface area (Å²) in [7, 11) is 1.39. The number of carbonyl (C=O) groups is 1. The van der Waals surface area contributed by atoms with Crippen molar-refractivity contribution in [1.29, 1.82) is 0 Å². The van der Waals surface area contributed by atoms with Crippen molar-refractivity contribution in [1.82, 2.24) is 9.97 Å². The normalized spacial score (nSPS) is 10.6. The van der Waals surface area contributed by atoms with Crippen molar-refractivity contribution in [3.8, 4) is 0 Å². The molecule has 0 amide bonds. The second kappa shape index (κ2) is 6.69. The second-order valence-corrected chi connectivity index (χ2v) is 5.65. The molecule has 0 aliphatic carbocycles. The lowest BCUT2D eigenvalue weighted by Crippen LogP contribution is -2.10. The second-order valence-electron chi connectivity index (χ2n) is 3.65. The van der Waals surface area contributed by atoms with Crippen LogP contribution in [-0.4, -0.2) is 28.8 Å². The number of nitrogens with one attached hydrogen (secondary N) is 1. The number of esters is 1. The molecule has 0 bridgehead atoms. The topological polar surface area (TPSA) is 90.1 Å². The number of nitrogen functional groups attached to an aromatic ring is 1. The van der Waals surface area contributed by atoms with Crippen LogP contribution in [0.1, 0.15) is 12.2 Å². The number of anilines is 1. The molecule has 0 spiro atoms. The number of hydrazine groups is 1. The SMILES string of the molecule is COC(=O)CCSCc1nc(NN)c2ccsc2n1. The molecule has 0 saturated carbocycles. The minimum Gasteiger partial charge on any atom is -0.469 e. The van der Waals surface area contributed by atoms with E-state index < -0.39 is 0 Å². The third-order valence-corrected chi connectivity index (χ3v) is 4.18. The van der Waals surface area contributed by atoms with Crippen LogP contribution < -0.4 is 11.3 Å². The Morgan fingerprint density at radius 1 is 1.58 bits per heavy atom. The van der Waals surface area contributed by atoms with Crippen molar-refractivity contribution in [2.24, 2.45) is 5.84 Å². The average molecular weight is 298 g/mol. The van der Waals surface area contributed by atoms with E-state index in [1.165, 1.54) is 7.11 Å². The lowest BCUT2D eigenvalue weighted by Gasteiger charge is -2.05. The molecule has 0 aliphatic rings. The van der Waals surface area contributed by atoms with Gasteiger partial charge in [0, 0.05) is 5.75 Å². The largest absolute Gasteiger partial charge is 0.469 e. The van der Waals surface area contributed by atoms with Gasteiger partial charge in [0.05, 0.1) is 24.7 Å². The molecule has 0 aromatic carbocycles. The van der Waals surface area contributed by atoms with Crippen molar-refractivity contribution < 1.29 is 9.53 Å². The number of nitrogens with two attached hydrogens (primary N) is 1. The molecule has 6 nitrogen and oxygen atoms in total. The van der Waals surface area contributed by atoms with Crippen LogP contribution in [0.25, 0.3) is 10.2 Å². The van der Waals surface area contributed by atoms with E-state index >= 15 is 0 Å². The molecule has 0 saturated heterocycles. The van der Waals surface area contributed by atoms with Crippen molar-refractivity contribution in [2.45, 2.75) is 12.2 Å². The lowest BCUT2D eigenvalue weighted by atomic mass is 10.4. The van der Waals surface area contributed by atoms with Gasteiger partial charge in [-0.3, -0.25) is 4.79 Å². The van der Waals surface area contributed by atoms with Gasteiger partial charge in [0.25, 0.3) is 0 Å². The number of fused-ring (bicyclic) bond motifs is 1. The fraction of sp³-hybridized carbons (Fsp3) is 0.364. The average Bonchev–Trinajstić information content (AvgIpc) is 2.90. The third kappa shape index (κ3) is 3.55. The van der Waals surface area contributed by atoms with Gasteiger partial charge in [-0.05, 0) is 11.4 Å². The van der Waals surface area contributed by atoms with Crippen LogP contribution in [0, 0.1) is 0 Å². The summed E-state index contributed by atoms with van der Waals surface area (Å²) in [5, 5.41) is 2.88. The molecule has 2 aromatic heterocycles. The number of ether oxygens (including phenoxy) is 1. The first-order chi connectivity index (χ1) is 9.24. The summed E-state index contributed by atoms with van der Waals surface area (Å²) < 4.78 is 4.58. The molecule has 19 heavy (non-hydrogen) atoms. The number of rotatable bonds is 6. The molecule has 0 atom stereocenters. The molecule has 0 unspecified atom stereocenters. The van der Waals surface area contributed by atoms with Crippen LogP contribution in [0.2, 0.25) is 0 Å². The van der Waals surface area contributed by atoms with E-state index in [9.17, 15) is 4.79 Å². The van der Waals surface area contributed by atoms with Crippen molar-refractivity contribution in [3.63, 3.8) is 0 Å². The zero-order valence-electron chi connectivity index (χ0n) is 10.4. The van der Waals surface area contributed by atoms with Gasteiger partial charge < -0.3 is 10.2 Å². The van der Waals surface area contributed by atoms with Gasteiger partial charge in [-0.25, -0.2) is 15.8 Å². The van der Waals surface area contributed by atoms with E-state index in [1.807, 2.05) is 11.4 Å². The first-order valence-electron chi connectivity index (χ1n) is 5.60. The van der Waals surface area contributed by atoms with E-state index in [2.05, 4.69) is 20.1 Å².